The lowest BCUT2D eigenvalue weighted by molar-refractivity contribution is 0.0927. The SMILES string of the molecule is CN(C)CCC(NC(=O)c1cc(Cl)n(C)n1)c1ccc(Cl)cc1. The van der Waals surface area contributed by atoms with Gasteiger partial charge in [-0.05, 0) is 44.8 Å². The molecule has 0 bridgehead atoms. The van der Waals surface area contributed by atoms with Crippen LogP contribution in [-0.2, 0) is 7.05 Å². The zero-order valence-electron chi connectivity index (χ0n) is 13.4. The van der Waals surface area contributed by atoms with E-state index < -0.39 is 0 Å². The molecule has 1 atom stereocenters. The number of benzene rings is 1. The van der Waals surface area contributed by atoms with Crippen LogP contribution in [0.4, 0.5) is 0 Å². The van der Waals surface area contributed by atoms with Crippen LogP contribution >= 0.6 is 23.2 Å². The van der Waals surface area contributed by atoms with Gasteiger partial charge in [-0.15, -0.1) is 0 Å². The van der Waals surface area contributed by atoms with Crippen molar-refractivity contribution >= 4 is 29.1 Å². The average Bonchev–Trinajstić information content (AvgIpc) is 2.84. The Morgan fingerprint density at radius 2 is 1.96 bits per heavy atom. The first kappa shape index (κ1) is 17.8. The first-order valence-corrected chi connectivity index (χ1v) is 8.03. The summed E-state index contributed by atoms with van der Waals surface area (Å²) >= 11 is 11.9. The smallest absolute Gasteiger partial charge is 0.272 e. The van der Waals surface area contributed by atoms with Crippen molar-refractivity contribution in [2.45, 2.75) is 12.5 Å². The van der Waals surface area contributed by atoms with E-state index in [-0.39, 0.29) is 11.9 Å². The maximum absolute atomic E-state index is 12.4. The van der Waals surface area contributed by atoms with E-state index >= 15 is 0 Å². The number of amides is 1. The second kappa shape index (κ2) is 7.81. The highest BCUT2D eigenvalue weighted by molar-refractivity contribution is 6.30. The predicted octanol–water partition coefficient (Wildman–Crippen LogP) is 3.15. The number of aryl methyl sites for hydroxylation is 1. The topological polar surface area (TPSA) is 50.2 Å². The zero-order chi connectivity index (χ0) is 17.0. The van der Waals surface area contributed by atoms with E-state index in [9.17, 15) is 4.79 Å². The van der Waals surface area contributed by atoms with E-state index in [1.807, 2.05) is 38.4 Å². The number of aromatic nitrogens is 2. The molecule has 0 fully saturated rings. The third-order valence-electron chi connectivity index (χ3n) is 3.50. The Balaban J connectivity index is 2.16. The number of rotatable bonds is 6. The van der Waals surface area contributed by atoms with Crippen LogP contribution in [0.3, 0.4) is 0 Å². The lowest BCUT2D eigenvalue weighted by Gasteiger charge is -2.21. The van der Waals surface area contributed by atoms with E-state index in [0.717, 1.165) is 18.5 Å². The highest BCUT2D eigenvalue weighted by Crippen LogP contribution is 2.20. The Hall–Kier alpha value is -1.56. The van der Waals surface area contributed by atoms with Crippen LogP contribution in [0.15, 0.2) is 30.3 Å². The highest BCUT2D eigenvalue weighted by Gasteiger charge is 2.18. The summed E-state index contributed by atoms with van der Waals surface area (Å²) in [4.78, 5) is 14.5. The number of hydrogen-bond acceptors (Lipinski definition) is 3. The fourth-order valence-corrected chi connectivity index (χ4v) is 2.46. The van der Waals surface area contributed by atoms with Gasteiger partial charge in [0.15, 0.2) is 5.69 Å². The zero-order valence-corrected chi connectivity index (χ0v) is 14.9. The molecule has 0 saturated carbocycles. The van der Waals surface area contributed by atoms with Crippen LogP contribution in [0.2, 0.25) is 10.2 Å². The van der Waals surface area contributed by atoms with Gasteiger partial charge in [-0.1, -0.05) is 35.3 Å². The molecule has 5 nitrogen and oxygen atoms in total. The highest BCUT2D eigenvalue weighted by atomic mass is 35.5. The largest absolute Gasteiger partial charge is 0.344 e. The summed E-state index contributed by atoms with van der Waals surface area (Å²) in [6.45, 7) is 0.844. The molecule has 23 heavy (non-hydrogen) atoms. The lowest BCUT2D eigenvalue weighted by Crippen LogP contribution is -2.31. The Morgan fingerprint density at radius 1 is 1.30 bits per heavy atom. The van der Waals surface area contributed by atoms with Crippen molar-refractivity contribution in [3.8, 4) is 0 Å². The van der Waals surface area contributed by atoms with Crippen LogP contribution < -0.4 is 5.32 Å². The molecule has 0 saturated heterocycles. The fourth-order valence-electron chi connectivity index (χ4n) is 2.19. The van der Waals surface area contributed by atoms with Gasteiger partial charge in [0, 0.05) is 18.1 Å². The van der Waals surface area contributed by atoms with Crippen molar-refractivity contribution in [1.29, 1.82) is 0 Å². The number of halogens is 2. The Labute approximate surface area is 146 Å². The van der Waals surface area contributed by atoms with Crippen LogP contribution in [0.1, 0.15) is 28.5 Å². The predicted molar refractivity (Wildman–Crippen MR) is 93.0 cm³/mol. The summed E-state index contributed by atoms with van der Waals surface area (Å²) < 4.78 is 1.47. The van der Waals surface area contributed by atoms with Gasteiger partial charge in [0.1, 0.15) is 5.15 Å². The minimum absolute atomic E-state index is 0.122. The number of nitrogens with one attached hydrogen (secondary N) is 1. The molecule has 1 heterocycles. The monoisotopic (exact) mass is 354 g/mol. The number of nitrogens with zero attached hydrogens (tertiary/aromatic N) is 3. The second-order valence-corrected chi connectivity index (χ2v) is 6.47. The molecule has 0 spiro atoms. The Morgan fingerprint density at radius 3 is 2.48 bits per heavy atom. The van der Waals surface area contributed by atoms with Gasteiger partial charge in [0.2, 0.25) is 0 Å². The van der Waals surface area contributed by atoms with Crippen molar-refractivity contribution in [2.75, 3.05) is 20.6 Å². The molecule has 2 rings (SSSR count). The van der Waals surface area contributed by atoms with Crippen molar-refractivity contribution in [2.24, 2.45) is 7.05 Å². The normalized spacial score (nSPS) is 12.4. The van der Waals surface area contributed by atoms with Crippen LogP contribution in [0.25, 0.3) is 0 Å². The summed E-state index contributed by atoms with van der Waals surface area (Å²) in [5.41, 5.74) is 1.31. The summed E-state index contributed by atoms with van der Waals surface area (Å²) in [7, 11) is 5.69. The van der Waals surface area contributed by atoms with Gasteiger partial charge >= 0.3 is 0 Å². The third kappa shape index (κ3) is 4.96. The maximum atomic E-state index is 12.4. The average molecular weight is 355 g/mol. The van der Waals surface area contributed by atoms with E-state index in [2.05, 4.69) is 15.3 Å². The standard InChI is InChI=1S/C16H20Cl2N4O/c1-21(2)9-8-13(11-4-6-12(17)7-5-11)19-16(23)14-10-15(18)22(3)20-14/h4-7,10,13H,8-9H2,1-3H3,(H,19,23). The summed E-state index contributed by atoms with van der Waals surface area (Å²) in [6.07, 6.45) is 0.779. The van der Waals surface area contributed by atoms with E-state index in [0.29, 0.717) is 15.9 Å². The molecule has 1 aromatic heterocycles. The molecule has 2 aromatic rings. The Bertz CT molecular complexity index is 648. The van der Waals surface area contributed by atoms with Gasteiger partial charge in [0.25, 0.3) is 5.91 Å². The van der Waals surface area contributed by atoms with Crippen LogP contribution in [-0.4, -0.2) is 41.2 Å². The van der Waals surface area contributed by atoms with Gasteiger partial charge < -0.3 is 10.2 Å². The third-order valence-corrected chi connectivity index (χ3v) is 4.10. The number of carbonyl (C=O) groups is 1. The Kier molecular flexibility index (Phi) is 6.04. The molecule has 0 aliphatic carbocycles. The van der Waals surface area contributed by atoms with Crippen molar-refractivity contribution < 1.29 is 4.79 Å². The van der Waals surface area contributed by atoms with Crippen molar-refractivity contribution in [3.63, 3.8) is 0 Å². The minimum Gasteiger partial charge on any atom is -0.344 e. The summed E-state index contributed by atoms with van der Waals surface area (Å²) in [5, 5.41) is 8.22. The fraction of sp³-hybridized carbons (Fsp3) is 0.375. The summed E-state index contributed by atoms with van der Waals surface area (Å²) in [6, 6.07) is 8.93. The first-order valence-electron chi connectivity index (χ1n) is 7.27. The van der Waals surface area contributed by atoms with Crippen LogP contribution in [0.5, 0.6) is 0 Å². The lowest BCUT2D eigenvalue weighted by atomic mass is 10.0. The molecular weight excluding hydrogens is 335 g/mol. The molecule has 1 aromatic carbocycles. The van der Waals surface area contributed by atoms with Crippen molar-refractivity contribution in [1.82, 2.24) is 20.0 Å². The van der Waals surface area contributed by atoms with Gasteiger partial charge in [-0.3, -0.25) is 9.48 Å². The molecule has 0 radical (unpaired) electrons. The van der Waals surface area contributed by atoms with Gasteiger partial charge in [-0.2, -0.15) is 5.10 Å². The molecular formula is C16H20Cl2N4O. The molecule has 0 aliphatic rings. The number of hydrogen-bond donors (Lipinski definition) is 1. The maximum Gasteiger partial charge on any atom is 0.272 e. The number of carbonyl (C=O) groups excluding carboxylic acids is 1. The molecule has 7 heteroatoms. The molecule has 1 N–H and O–H groups in total. The van der Waals surface area contributed by atoms with Gasteiger partial charge in [0.05, 0.1) is 6.04 Å². The molecule has 1 amide bonds. The van der Waals surface area contributed by atoms with E-state index in [4.69, 9.17) is 23.2 Å². The second-order valence-electron chi connectivity index (χ2n) is 5.65. The van der Waals surface area contributed by atoms with Gasteiger partial charge in [-0.25, -0.2) is 0 Å². The van der Waals surface area contributed by atoms with Crippen LogP contribution in [0, 0.1) is 0 Å². The molecule has 124 valence electrons. The first-order chi connectivity index (χ1) is 10.9. The molecule has 0 aliphatic heterocycles. The summed E-state index contributed by atoms with van der Waals surface area (Å²) in [5.74, 6) is -0.244. The van der Waals surface area contributed by atoms with E-state index in [1.54, 1.807) is 13.1 Å². The quantitative estimate of drug-likeness (QED) is 0.866. The molecule has 1 unspecified atom stereocenters. The van der Waals surface area contributed by atoms with E-state index in [1.165, 1.54) is 4.68 Å². The minimum atomic E-state index is -0.244. The van der Waals surface area contributed by atoms with Crippen molar-refractivity contribution in [3.05, 3.63) is 51.8 Å².